The van der Waals surface area contributed by atoms with Gasteiger partial charge in [0, 0.05) is 10.7 Å². The Hall–Kier alpha value is -0.460. The van der Waals surface area contributed by atoms with Crippen LogP contribution in [0.4, 0.5) is 0 Å². The van der Waals surface area contributed by atoms with E-state index in [1.807, 2.05) is 6.92 Å². The molecule has 0 amide bonds. The summed E-state index contributed by atoms with van der Waals surface area (Å²) in [5.41, 5.74) is 5.97. The highest BCUT2D eigenvalue weighted by Gasteiger charge is 2.16. The highest BCUT2D eigenvalue weighted by atomic mass is 79.9. The summed E-state index contributed by atoms with van der Waals surface area (Å²) in [5.74, 6) is 0.0757. The molecule has 0 aliphatic heterocycles. The number of pyridine rings is 1. The van der Waals surface area contributed by atoms with Crippen LogP contribution >= 0.6 is 15.9 Å². The van der Waals surface area contributed by atoms with E-state index in [-0.39, 0.29) is 17.4 Å². The molecule has 6 heteroatoms. The first-order chi connectivity index (χ1) is 7.43. The first-order valence-electron chi connectivity index (χ1n) is 4.94. The zero-order valence-corrected chi connectivity index (χ0v) is 11.5. The average Bonchev–Trinajstić information content (AvgIpc) is 2.20. The third-order valence-corrected chi connectivity index (χ3v) is 4.38. The van der Waals surface area contributed by atoms with E-state index in [1.165, 1.54) is 0 Å². The Kier molecular flexibility index (Phi) is 4.89. The molecule has 0 aliphatic rings. The molecule has 4 nitrogen and oxygen atoms in total. The molecule has 0 radical (unpaired) electrons. The smallest absolute Gasteiger partial charge is 0.156 e. The molecule has 1 rings (SSSR count). The van der Waals surface area contributed by atoms with E-state index in [0.717, 1.165) is 4.47 Å². The maximum absolute atomic E-state index is 11.7. The maximum atomic E-state index is 11.7. The van der Waals surface area contributed by atoms with E-state index in [4.69, 9.17) is 5.73 Å². The molecule has 2 N–H and O–H groups in total. The summed E-state index contributed by atoms with van der Waals surface area (Å²) in [6.07, 6.45) is 1.59. The number of halogens is 1. The monoisotopic (exact) mass is 306 g/mol. The number of hydrogen-bond acceptors (Lipinski definition) is 4. The molecule has 0 aromatic carbocycles. The van der Waals surface area contributed by atoms with Gasteiger partial charge in [-0.2, -0.15) is 0 Å². The molecule has 0 bridgehead atoms. The fraction of sp³-hybridized carbons (Fsp3) is 0.500. The first-order valence-corrected chi connectivity index (χ1v) is 7.55. The summed E-state index contributed by atoms with van der Waals surface area (Å²) in [5, 5.41) is 0. The van der Waals surface area contributed by atoms with Crippen LogP contribution < -0.4 is 5.73 Å². The van der Waals surface area contributed by atoms with Crippen molar-refractivity contribution in [2.45, 2.75) is 12.7 Å². The lowest BCUT2D eigenvalue weighted by molar-refractivity contribution is 0.572. The highest BCUT2D eigenvalue weighted by Crippen LogP contribution is 2.11. The van der Waals surface area contributed by atoms with Gasteiger partial charge >= 0.3 is 0 Å². The molecule has 1 heterocycles. The van der Waals surface area contributed by atoms with Gasteiger partial charge in [-0.1, -0.05) is 6.92 Å². The molecule has 1 aromatic rings. The molecular weight excluding hydrogens is 292 g/mol. The first kappa shape index (κ1) is 13.6. The van der Waals surface area contributed by atoms with Gasteiger partial charge in [0.1, 0.15) is 0 Å². The van der Waals surface area contributed by atoms with E-state index in [0.29, 0.717) is 12.2 Å². The molecule has 1 aromatic heterocycles. The summed E-state index contributed by atoms with van der Waals surface area (Å²) < 4.78 is 24.3. The molecule has 0 aliphatic carbocycles. The van der Waals surface area contributed by atoms with Crippen molar-refractivity contribution in [2.75, 3.05) is 12.3 Å². The number of nitrogens with two attached hydrogens (primary N) is 1. The van der Waals surface area contributed by atoms with Crippen molar-refractivity contribution in [3.8, 4) is 0 Å². The summed E-state index contributed by atoms with van der Waals surface area (Å²) >= 11 is 3.25. The normalized spacial score (nSPS) is 13.7. The zero-order chi connectivity index (χ0) is 12.2. The number of sulfone groups is 1. The minimum absolute atomic E-state index is 0.0135. The van der Waals surface area contributed by atoms with Crippen molar-refractivity contribution < 1.29 is 8.42 Å². The molecule has 0 saturated carbocycles. The fourth-order valence-corrected chi connectivity index (χ4v) is 3.25. The van der Waals surface area contributed by atoms with Crippen LogP contribution in [0.1, 0.15) is 12.6 Å². The standard InChI is InChI=1S/C10H15BrN2O2S/c1-8(4-12)6-16(14,15)7-10-3-2-9(11)5-13-10/h2-3,5,8H,4,6-7,12H2,1H3. The molecule has 1 atom stereocenters. The Morgan fingerprint density at radius 2 is 2.19 bits per heavy atom. The van der Waals surface area contributed by atoms with Crippen LogP contribution in [0.2, 0.25) is 0 Å². The second kappa shape index (κ2) is 5.75. The van der Waals surface area contributed by atoms with Crippen molar-refractivity contribution in [2.24, 2.45) is 11.7 Å². The minimum Gasteiger partial charge on any atom is -0.330 e. The molecule has 0 spiro atoms. The Labute approximate surface area is 104 Å². The highest BCUT2D eigenvalue weighted by molar-refractivity contribution is 9.10. The van der Waals surface area contributed by atoms with Crippen molar-refractivity contribution in [1.29, 1.82) is 0 Å². The van der Waals surface area contributed by atoms with Crippen LogP contribution in [0.5, 0.6) is 0 Å². The third kappa shape index (κ3) is 4.59. The molecule has 1 unspecified atom stereocenters. The SMILES string of the molecule is CC(CN)CS(=O)(=O)Cc1ccc(Br)cn1. The van der Waals surface area contributed by atoms with Crippen LogP contribution in [0.25, 0.3) is 0 Å². The number of rotatable bonds is 5. The predicted molar refractivity (Wildman–Crippen MR) is 67.6 cm³/mol. The second-order valence-electron chi connectivity index (χ2n) is 3.86. The Bertz CT molecular complexity index is 431. The Morgan fingerprint density at radius 3 is 2.69 bits per heavy atom. The summed E-state index contributed by atoms with van der Waals surface area (Å²) in [4.78, 5) is 4.04. The van der Waals surface area contributed by atoms with Gasteiger partial charge in [-0.15, -0.1) is 0 Å². The fourth-order valence-electron chi connectivity index (χ4n) is 1.28. The zero-order valence-electron chi connectivity index (χ0n) is 9.06. The van der Waals surface area contributed by atoms with Gasteiger partial charge in [0.25, 0.3) is 0 Å². The minimum atomic E-state index is -3.12. The van der Waals surface area contributed by atoms with E-state index in [9.17, 15) is 8.42 Å². The lowest BCUT2D eigenvalue weighted by Gasteiger charge is -2.08. The molecule has 0 saturated heterocycles. The predicted octanol–water partition coefficient (Wildman–Crippen LogP) is 1.35. The van der Waals surface area contributed by atoms with Crippen LogP contribution in [-0.4, -0.2) is 25.7 Å². The van der Waals surface area contributed by atoms with Gasteiger partial charge in [0.15, 0.2) is 9.84 Å². The lowest BCUT2D eigenvalue weighted by Crippen LogP contribution is -2.22. The largest absolute Gasteiger partial charge is 0.330 e. The topological polar surface area (TPSA) is 73.1 Å². The van der Waals surface area contributed by atoms with Gasteiger partial charge in [-0.05, 0) is 40.5 Å². The van der Waals surface area contributed by atoms with Gasteiger partial charge < -0.3 is 5.73 Å². The second-order valence-corrected chi connectivity index (χ2v) is 6.89. The van der Waals surface area contributed by atoms with E-state index >= 15 is 0 Å². The van der Waals surface area contributed by atoms with Crippen molar-refractivity contribution in [3.63, 3.8) is 0 Å². The lowest BCUT2D eigenvalue weighted by atomic mass is 10.2. The Morgan fingerprint density at radius 1 is 1.50 bits per heavy atom. The van der Waals surface area contributed by atoms with Crippen molar-refractivity contribution in [1.82, 2.24) is 4.98 Å². The van der Waals surface area contributed by atoms with E-state index in [1.54, 1.807) is 18.3 Å². The molecular formula is C10H15BrN2O2S. The van der Waals surface area contributed by atoms with E-state index in [2.05, 4.69) is 20.9 Å². The van der Waals surface area contributed by atoms with Crippen LogP contribution in [0.15, 0.2) is 22.8 Å². The molecule has 16 heavy (non-hydrogen) atoms. The quantitative estimate of drug-likeness (QED) is 0.891. The van der Waals surface area contributed by atoms with Gasteiger partial charge in [-0.3, -0.25) is 4.98 Å². The number of hydrogen-bond donors (Lipinski definition) is 1. The Balaban J connectivity index is 2.69. The van der Waals surface area contributed by atoms with E-state index < -0.39 is 9.84 Å². The van der Waals surface area contributed by atoms with Gasteiger partial charge in [0.2, 0.25) is 0 Å². The van der Waals surface area contributed by atoms with Crippen LogP contribution in [-0.2, 0) is 15.6 Å². The van der Waals surface area contributed by atoms with Gasteiger partial charge in [0.05, 0.1) is 17.2 Å². The van der Waals surface area contributed by atoms with Crippen LogP contribution in [0, 0.1) is 5.92 Å². The molecule has 90 valence electrons. The summed E-state index contributed by atoms with van der Waals surface area (Å²) in [6, 6.07) is 3.49. The third-order valence-electron chi connectivity index (χ3n) is 2.10. The summed E-state index contributed by atoms with van der Waals surface area (Å²) in [6.45, 7) is 2.21. The van der Waals surface area contributed by atoms with Crippen LogP contribution in [0.3, 0.4) is 0 Å². The van der Waals surface area contributed by atoms with Crippen molar-refractivity contribution >= 4 is 25.8 Å². The number of nitrogens with zero attached hydrogens (tertiary/aromatic N) is 1. The summed E-state index contributed by atoms with van der Waals surface area (Å²) in [7, 11) is -3.12. The average molecular weight is 307 g/mol. The molecule has 0 fully saturated rings. The number of aromatic nitrogens is 1. The maximum Gasteiger partial charge on any atom is 0.156 e. The van der Waals surface area contributed by atoms with Crippen molar-refractivity contribution in [3.05, 3.63) is 28.5 Å². The van der Waals surface area contributed by atoms with Gasteiger partial charge in [-0.25, -0.2) is 8.42 Å².